The van der Waals surface area contributed by atoms with Gasteiger partial charge in [0.1, 0.15) is 5.82 Å². The largest absolute Gasteiger partial charge is 0.384 e. The van der Waals surface area contributed by atoms with Crippen LogP contribution in [0.5, 0.6) is 0 Å². The van der Waals surface area contributed by atoms with Gasteiger partial charge in [-0.25, -0.2) is 0 Å². The number of rotatable bonds is 2. The molecular formula is C12H13Cl2N3. The van der Waals surface area contributed by atoms with Gasteiger partial charge < -0.3 is 5.73 Å². The third kappa shape index (κ3) is 2.26. The van der Waals surface area contributed by atoms with Gasteiger partial charge in [0.15, 0.2) is 0 Å². The predicted molar refractivity (Wildman–Crippen MR) is 72.5 cm³/mol. The highest BCUT2D eigenvalue weighted by atomic mass is 35.5. The number of nitrogens with two attached hydrogens (primary N) is 1. The van der Waals surface area contributed by atoms with Crippen molar-refractivity contribution in [3.05, 3.63) is 33.8 Å². The van der Waals surface area contributed by atoms with Crippen molar-refractivity contribution < 1.29 is 0 Å². The summed E-state index contributed by atoms with van der Waals surface area (Å²) < 4.78 is 1.67. The van der Waals surface area contributed by atoms with Crippen molar-refractivity contribution in [2.24, 2.45) is 7.05 Å². The molecule has 0 unspecified atom stereocenters. The first-order valence-corrected chi connectivity index (χ1v) is 6.06. The molecule has 0 radical (unpaired) electrons. The van der Waals surface area contributed by atoms with Crippen LogP contribution in [-0.4, -0.2) is 9.78 Å². The third-order valence-corrected chi connectivity index (χ3v) is 3.12. The normalized spacial score (nSPS) is 10.8. The zero-order valence-electron chi connectivity index (χ0n) is 9.67. The van der Waals surface area contributed by atoms with E-state index in [9.17, 15) is 0 Å². The van der Waals surface area contributed by atoms with Gasteiger partial charge >= 0.3 is 0 Å². The highest BCUT2D eigenvalue weighted by molar-refractivity contribution is 6.35. The molecule has 3 nitrogen and oxygen atoms in total. The van der Waals surface area contributed by atoms with E-state index in [2.05, 4.69) is 5.10 Å². The second-order valence-electron chi connectivity index (χ2n) is 3.85. The minimum atomic E-state index is 0.596. The molecule has 0 aliphatic heterocycles. The Morgan fingerprint density at radius 2 is 1.82 bits per heavy atom. The number of hydrogen-bond acceptors (Lipinski definition) is 2. The van der Waals surface area contributed by atoms with Gasteiger partial charge in [0.25, 0.3) is 0 Å². The van der Waals surface area contributed by atoms with E-state index in [1.54, 1.807) is 10.7 Å². The zero-order chi connectivity index (χ0) is 12.6. The molecule has 0 atom stereocenters. The third-order valence-electron chi connectivity index (χ3n) is 2.68. The molecular weight excluding hydrogens is 257 g/mol. The van der Waals surface area contributed by atoms with Crippen LogP contribution in [0, 0.1) is 0 Å². The highest BCUT2D eigenvalue weighted by Crippen LogP contribution is 2.31. The summed E-state index contributed by atoms with van der Waals surface area (Å²) in [5, 5.41) is 5.60. The highest BCUT2D eigenvalue weighted by Gasteiger charge is 2.14. The number of halogens is 2. The summed E-state index contributed by atoms with van der Waals surface area (Å²) >= 11 is 12.0. The molecule has 1 heterocycles. The van der Waals surface area contributed by atoms with Crippen LogP contribution in [0.15, 0.2) is 18.2 Å². The molecule has 1 aromatic carbocycles. The van der Waals surface area contributed by atoms with E-state index in [-0.39, 0.29) is 0 Å². The first-order valence-electron chi connectivity index (χ1n) is 5.30. The molecule has 0 spiro atoms. The Morgan fingerprint density at radius 1 is 1.24 bits per heavy atom. The van der Waals surface area contributed by atoms with E-state index in [0.29, 0.717) is 15.9 Å². The molecule has 2 aromatic rings. The summed E-state index contributed by atoms with van der Waals surface area (Å²) in [5.74, 6) is 0.679. The van der Waals surface area contributed by atoms with Crippen molar-refractivity contribution in [3.8, 4) is 11.3 Å². The maximum absolute atomic E-state index is 5.99. The minimum absolute atomic E-state index is 0.596. The molecule has 0 fully saturated rings. The van der Waals surface area contributed by atoms with Crippen LogP contribution >= 0.6 is 23.2 Å². The van der Waals surface area contributed by atoms with Gasteiger partial charge in [0, 0.05) is 28.2 Å². The van der Waals surface area contributed by atoms with E-state index >= 15 is 0 Å². The topological polar surface area (TPSA) is 43.8 Å². The minimum Gasteiger partial charge on any atom is -0.384 e. The summed E-state index contributed by atoms with van der Waals surface area (Å²) in [6.07, 6.45) is 0.819. The number of aromatic nitrogens is 2. The maximum Gasteiger partial charge on any atom is 0.125 e. The molecule has 2 rings (SSSR count). The summed E-state index contributed by atoms with van der Waals surface area (Å²) in [7, 11) is 1.82. The fourth-order valence-corrected chi connectivity index (χ4v) is 2.38. The van der Waals surface area contributed by atoms with E-state index in [4.69, 9.17) is 28.9 Å². The Hall–Kier alpha value is -1.19. The van der Waals surface area contributed by atoms with E-state index in [1.165, 1.54) is 0 Å². The fraction of sp³-hybridized carbons (Fsp3) is 0.250. The number of aryl methyl sites for hydroxylation is 1. The lowest BCUT2D eigenvalue weighted by Crippen LogP contribution is -1.98. The Labute approximate surface area is 110 Å². The molecule has 0 bridgehead atoms. The number of benzene rings is 1. The van der Waals surface area contributed by atoms with Crippen molar-refractivity contribution >= 4 is 29.0 Å². The van der Waals surface area contributed by atoms with Gasteiger partial charge in [-0.15, -0.1) is 0 Å². The predicted octanol–water partition coefficient (Wildman–Crippen LogP) is 3.54. The van der Waals surface area contributed by atoms with Crippen molar-refractivity contribution in [3.63, 3.8) is 0 Å². The fourth-order valence-electron chi connectivity index (χ4n) is 1.85. The monoisotopic (exact) mass is 269 g/mol. The van der Waals surface area contributed by atoms with Crippen molar-refractivity contribution in [1.82, 2.24) is 9.78 Å². The molecule has 1 aromatic heterocycles. The van der Waals surface area contributed by atoms with Crippen LogP contribution in [0.3, 0.4) is 0 Å². The Morgan fingerprint density at radius 3 is 2.35 bits per heavy atom. The molecule has 0 amide bonds. The van der Waals surface area contributed by atoms with Gasteiger partial charge in [-0.3, -0.25) is 4.68 Å². The number of nitrogen functional groups attached to an aromatic ring is 1. The van der Waals surface area contributed by atoms with Gasteiger partial charge in [-0.05, 0) is 24.6 Å². The first-order chi connectivity index (χ1) is 8.02. The quantitative estimate of drug-likeness (QED) is 0.907. The van der Waals surface area contributed by atoms with Crippen molar-refractivity contribution in [2.45, 2.75) is 13.3 Å². The van der Waals surface area contributed by atoms with Gasteiger partial charge in [-0.2, -0.15) is 5.10 Å². The van der Waals surface area contributed by atoms with E-state index < -0.39 is 0 Å². The van der Waals surface area contributed by atoms with E-state index in [1.807, 2.05) is 26.1 Å². The lowest BCUT2D eigenvalue weighted by Gasteiger charge is -2.02. The molecule has 90 valence electrons. The van der Waals surface area contributed by atoms with Crippen LogP contribution in [0.1, 0.15) is 12.5 Å². The second kappa shape index (κ2) is 4.59. The summed E-state index contributed by atoms with van der Waals surface area (Å²) in [4.78, 5) is 0. The van der Waals surface area contributed by atoms with Gasteiger partial charge in [-0.1, -0.05) is 30.1 Å². The molecule has 5 heteroatoms. The number of anilines is 1. The maximum atomic E-state index is 5.99. The number of hydrogen-bond donors (Lipinski definition) is 1. The summed E-state index contributed by atoms with van der Waals surface area (Å²) in [6.45, 7) is 2.04. The Balaban J connectivity index is 2.63. The van der Waals surface area contributed by atoms with Crippen LogP contribution < -0.4 is 5.73 Å². The Kier molecular flexibility index (Phi) is 3.31. The van der Waals surface area contributed by atoms with Crippen LogP contribution in [0.25, 0.3) is 11.3 Å². The van der Waals surface area contributed by atoms with Crippen molar-refractivity contribution in [1.29, 1.82) is 0 Å². The molecule has 0 saturated carbocycles. The zero-order valence-corrected chi connectivity index (χ0v) is 11.2. The lowest BCUT2D eigenvalue weighted by atomic mass is 10.1. The molecule has 0 saturated heterocycles. The summed E-state index contributed by atoms with van der Waals surface area (Å²) in [6, 6.07) is 5.38. The Bertz CT molecular complexity index is 541. The smallest absolute Gasteiger partial charge is 0.125 e. The first kappa shape index (κ1) is 12.3. The number of nitrogens with zero attached hydrogens (tertiary/aromatic N) is 2. The van der Waals surface area contributed by atoms with E-state index in [0.717, 1.165) is 23.2 Å². The SMILES string of the molecule is CCc1c(-c2cc(Cl)cc(Cl)c2)nn(C)c1N. The standard InChI is InChI=1S/C12H13Cl2N3/c1-3-10-11(16-17(2)12(10)15)7-4-8(13)6-9(14)5-7/h4-6H,3,15H2,1-2H3. The van der Waals surface area contributed by atoms with Crippen LogP contribution in [-0.2, 0) is 13.5 Å². The van der Waals surface area contributed by atoms with Gasteiger partial charge in [0.05, 0.1) is 5.69 Å². The summed E-state index contributed by atoms with van der Waals surface area (Å²) in [5.41, 5.74) is 8.72. The second-order valence-corrected chi connectivity index (χ2v) is 4.72. The lowest BCUT2D eigenvalue weighted by molar-refractivity contribution is 0.781. The molecule has 0 aliphatic carbocycles. The molecule has 2 N–H and O–H groups in total. The van der Waals surface area contributed by atoms with Gasteiger partial charge in [0.2, 0.25) is 0 Å². The van der Waals surface area contributed by atoms with Crippen LogP contribution in [0.2, 0.25) is 10.0 Å². The molecule has 17 heavy (non-hydrogen) atoms. The molecule has 0 aliphatic rings. The average molecular weight is 270 g/mol. The van der Waals surface area contributed by atoms with Crippen molar-refractivity contribution in [2.75, 3.05) is 5.73 Å². The average Bonchev–Trinajstić information content (AvgIpc) is 2.54. The van der Waals surface area contributed by atoms with Crippen LogP contribution in [0.4, 0.5) is 5.82 Å².